The number of amides is 1. The van der Waals surface area contributed by atoms with E-state index in [1.807, 2.05) is 17.7 Å². The van der Waals surface area contributed by atoms with E-state index in [2.05, 4.69) is 15.6 Å². The molecule has 1 amide bonds. The van der Waals surface area contributed by atoms with Gasteiger partial charge < -0.3 is 15.2 Å². The molecule has 5 nitrogen and oxygen atoms in total. The number of hydrogen-bond donors (Lipinski definition) is 2. The minimum atomic E-state index is 0.145. The Kier molecular flexibility index (Phi) is 4.14. The molecule has 1 aliphatic heterocycles. The molecule has 1 fully saturated rings. The molecule has 1 aromatic heterocycles. The molecule has 0 spiro atoms. The molecular formula is C12H20N4O. The van der Waals surface area contributed by atoms with Crippen LogP contribution in [0.2, 0.25) is 0 Å². The van der Waals surface area contributed by atoms with E-state index in [-0.39, 0.29) is 17.9 Å². The predicted molar refractivity (Wildman–Crippen MR) is 65.4 cm³/mol. The number of nitrogens with one attached hydrogen (secondary N) is 2. The Hall–Kier alpha value is -1.36. The number of rotatable bonds is 4. The van der Waals surface area contributed by atoms with Crippen LogP contribution in [0.1, 0.15) is 19.8 Å². The van der Waals surface area contributed by atoms with Crippen LogP contribution in [0.15, 0.2) is 18.7 Å². The van der Waals surface area contributed by atoms with Crippen LogP contribution in [0.3, 0.4) is 0 Å². The normalized spacial score (nSPS) is 18.9. The molecule has 94 valence electrons. The van der Waals surface area contributed by atoms with Crippen LogP contribution in [0.25, 0.3) is 0 Å². The molecule has 2 rings (SSSR count). The first-order valence-corrected chi connectivity index (χ1v) is 6.22. The molecule has 1 aromatic rings. The zero-order valence-electron chi connectivity index (χ0n) is 10.2. The van der Waals surface area contributed by atoms with Crippen LogP contribution in [0, 0.1) is 5.92 Å². The highest BCUT2D eigenvalue weighted by Crippen LogP contribution is 2.11. The van der Waals surface area contributed by atoms with E-state index in [0.717, 1.165) is 32.5 Å². The molecule has 0 radical (unpaired) electrons. The third kappa shape index (κ3) is 3.56. The van der Waals surface area contributed by atoms with Crippen LogP contribution in [-0.2, 0) is 11.3 Å². The van der Waals surface area contributed by atoms with E-state index >= 15 is 0 Å². The summed E-state index contributed by atoms with van der Waals surface area (Å²) < 4.78 is 1.98. The van der Waals surface area contributed by atoms with Crippen molar-refractivity contribution in [3.05, 3.63) is 18.7 Å². The van der Waals surface area contributed by atoms with Crippen molar-refractivity contribution in [2.75, 3.05) is 13.1 Å². The largest absolute Gasteiger partial charge is 0.352 e. The SMILES string of the molecule is CC(Cn1ccnc1)NC(=O)C1CCNCC1. The maximum atomic E-state index is 12.0. The Morgan fingerprint density at radius 1 is 1.59 bits per heavy atom. The number of imidazole rings is 1. The third-order valence-electron chi connectivity index (χ3n) is 3.14. The van der Waals surface area contributed by atoms with E-state index in [9.17, 15) is 4.79 Å². The lowest BCUT2D eigenvalue weighted by atomic mass is 9.97. The maximum absolute atomic E-state index is 12.0. The Balaban J connectivity index is 1.77. The molecular weight excluding hydrogens is 216 g/mol. The fourth-order valence-corrected chi connectivity index (χ4v) is 2.20. The van der Waals surface area contributed by atoms with E-state index < -0.39 is 0 Å². The zero-order valence-corrected chi connectivity index (χ0v) is 10.2. The number of carbonyl (C=O) groups excluding carboxylic acids is 1. The predicted octanol–water partition coefficient (Wildman–Crippen LogP) is 0.387. The summed E-state index contributed by atoms with van der Waals surface area (Å²) >= 11 is 0. The minimum absolute atomic E-state index is 0.145. The molecule has 1 aliphatic rings. The van der Waals surface area contributed by atoms with Gasteiger partial charge in [-0.2, -0.15) is 0 Å². The average Bonchev–Trinajstić information content (AvgIpc) is 2.82. The second-order valence-electron chi connectivity index (χ2n) is 4.69. The third-order valence-corrected chi connectivity index (χ3v) is 3.14. The van der Waals surface area contributed by atoms with Crippen molar-refractivity contribution in [2.24, 2.45) is 5.92 Å². The van der Waals surface area contributed by atoms with Crippen molar-refractivity contribution in [1.29, 1.82) is 0 Å². The van der Waals surface area contributed by atoms with Gasteiger partial charge in [-0.05, 0) is 32.9 Å². The van der Waals surface area contributed by atoms with Crippen LogP contribution < -0.4 is 10.6 Å². The van der Waals surface area contributed by atoms with Gasteiger partial charge in [-0.25, -0.2) is 4.98 Å². The fraction of sp³-hybridized carbons (Fsp3) is 0.667. The van der Waals surface area contributed by atoms with Gasteiger partial charge >= 0.3 is 0 Å². The van der Waals surface area contributed by atoms with Gasteiger partial charge in [0, 0.05) is 30.9 Å². The lowest BCUT2D eigenvalue weighted by Gasteiger charge is -2.24. The summed E-state index contributed by atoms with van der Waals surface area (Å²) in [5.41, 5.74) is 0. The Morgan fingerprint density at radius 2 is 2.35 bits per heavy atom. The first kappa shape index (κ1) is 12.1. The van der Waals surface area contributed by atoms with Crippen LogP contribution >= 0.6 is 0 Å². The van der Waals surface area contributed by atoms with Crippen molar-refractivity contribution in [3.8, 4) is 0 Å². The molecule has 0 saturated carbocycles. The fourth-order valence-electron chi connectivity index (χ4n) is 2.20. The molecule has 0 aliphatic carbocycles. The molecule has 5 heteroatoms. The topological polar surface area (TPSA) is 59.0 Å². The standard InChI is InChI=1S/C12H20N4O/c1-10(8-16-7-6-14-9-16)15-12(17)11-2-4-13-5-3-11/h6-7,9-11,13H,2-5,8H2,1H3,(H,15,17). The monoisotopic (exact) mass is 236 g/mol. The first-order valence-electron chi connectivity index (χ1n) is 6.22. The summed E-state index contributed by atoms with van der Waals surface area (Å²) in [7, 11) is 0. The second kappa shape index (κ2) is 5.82. The van der Waals surface area contributed by atoms with Gasteiger partial charge in [0.25, 0.3) is 0 Å². The first-order chi connectivity index (χ1) is 8.25. The molecule has 17 heavy (non-hydrogen) atoms. The molecule has 1 saturated heterocycles. The summed E-state index contributed by atoms with van der Waals surface area (Å²) in [6, 6.07) is 0.145. The van der Waals surface area contributed by atoms with Gasteiger partial charge in [0.1, 0.15) is 0 Å². The molecule has 0 aromatic carbocycles. The lowest BCUT2D eigenvalue weighted by molar-refractivity contribution is -0.126. The Labute approximate surface area is 102 Å². The summed E-state index contributed by atoms with van der Waals surface area (Å²) in [5.74, 6) is 0.376. The van der Waals surface area contributed by atoms with Crippen LogP contribution in [0.4, 0.5) is 0 Å². The van der Waals surface area contributed by atoms with Crippen molar-refractivity contribution >= 4 is 5.91 Å². The Morgan fingerprint density at radius 3 is 3.00 bits per heavy atom. The summed E-state index contributed by atoms with van der Waals surface area (Å²) in [5, 5.41) is 6.34. The summed E-state index contributed by atoms with van der Waals surface area (Å²) in [6.07, 6.45) is 7.33. The smallest absolute Gasteiger partial charge is 0.223 e. The molecule has 0 bridgehead atoms. The van der Waals surface area contributed by atoms with Gasteiger partial charge in [-0.1, -0.05) is 0 Å². The lowest BCUT2D eigenvalue weighted by Crippen LogP contribution is -2.42. The van der Waals surface area contributed by atoms with Gasteiger partial charge in [0.15, 0.2) is 0 Å². The van der Waals surface area contributed by atoms with E-state index in [1.165, 1.54) is 0 Å². The van der Waals surface area contributed by atoms with Crippen molar-refractivity contribution in [1.82, 2.24) is 20.2 Å². The minimum Gasteiger partial charge on any atom is -0.352 e. The van der Waals surface area contributed by atoms with Gasteiger partial charge in [0.2, 0.25) is 5.91 Å². The van der Waals surface area contributed by atoms with Crippen molar-refractivity contribution < 1.29 is 4.79 Å². The van der Waals surface area contributed by atoms with Gasteiger partial charge in [0.05, 0.1) is 6.33 Å². The quantitative estimate of drug-likeness (QED) is 0.795. The van der Waals surface area contributed by atoms with Gasteiger partial charge in [-0.15, -0.1) is 0 Å². The van der Waals surface area contributed by atoms with E-state index in [1.54, 1.807) is 12.5 Å². The number of carbonyl (C=O) groups is 1. The van der Waals surface area contributed by atoms with E-state index in [4.69, 9.17) is 0 Å². The average molecular weight is 236 g/mol. The van der Waals surface area contributed by atoms with Crippen LogP contribution in [-0.4, -0.2) is 34.6 Å². The molecule has 2 N–H and O–H groups in total. The number of aromatic nitrogens is 2. The Bertz CT molecular complexity index is 343. The number of piperidine rings is 1. The number of nitrogens with zero attached hydrogens (tertiary/aromatic N) is 2. The number of hydrogen-bond acceptors (Lipinski definition) is 3. The molecule has 2 heterocycles. The zero-order chi connectivity index (χ0) is 12.1. The molecule has 1 unspecified atom stereocenters. The summed E-state index contributed by atoms with van der Waals surface area (Å²) in [4.78, 5) is 16.0. The highest BCUT2D eigenvalue weighted by atomic mass is 16.1. The van der Waals surface area contributed by atoms with Crippen LogP contribution in [0.5, 0.6) is 0 Å². The van der Waals surface area contributed by atoms with Crippen molar-refractivity contribution in [3.63, 3.8) is 0 Å². The summed E-state index contributed by atoms with van der Waals surface area (Å²) in [6.45, 7) is 4.71. The van der Waals surface area contributed by atoms with Crippen molar-refractivity contribution in [2.45, 2.75) is 32.4 Å². The van der Waals surface area contributed by atoms with Gasteiger partial charge in [-0.3, -0.25) is 4.79 Å². The molecule has 1 atom stereocenters. The second-order valence-corrected chi connectivity index (χ2v) is 4.69. The maximum Gasteiger partial charge on any atom is 0.223 e. The van der Waals surface area contributed by atoms with E-state index in [0.29, 0.717) is 0 Å². The highest BCUT2D eigenvalue weighted by molar-refractivity contribution is 5.79. The highest BCUT2D eigenvalue weighted by Gasteiger charge is 2.21.